The maximum atomic E-state index is 10.7. The van der Waals surface area contributed by atoms with E-state index < -0.39 is 5.60 Å². The Labute approximate surface area is 147 Å². The van der Waals surface area contributed by atoms with E-state index in [1.54, 1.807) is 0 Å². The van der Waals surface area contributed by atoms with Gasteiger partial charge in [0.05, 0.1) is 17.8 Å². The van der Waals surface area contributed by atoms with Gasteiger partial charge < -0.3 is 9.84 Å². The minimum absolute atomic E-state index is 0.348. The highest BCUT2D eigenvalue weighted by atomic mass is 16.5. The summed E-state index contributed by atoms with van der Waals surface area (Å²) in [7, 11) is 0. The molecule has 2 nitrogen and oxygen atoms in total. The molecule has 134 valence electrons. The van der Waals surface area contributed by atoms with Crippen molar-refractivity contribution in [2.75, 3.05) is 0 Å². The quantitative estimate of drug-likeness (QED) is 0.652. The molecule has 0 aromatic heterocycles. The maximum Gasteiger partial charge on any atom is 0.0623 e. The first-order valence-electron chi connectivity index (χ1n) is 10.3. The second kappa shape index (κ2) is 4.68. The van der Waals surface area contributed by atoms with E-state index in [1.807, 2.05) is 0 Å². The van der Waals surface area contributed by atoms with Crippen LogP contribution in [0.25, 0.3) is 0 Å². The minimum atomic E-state index is -0.475. The van der Waals surface area contributed by atoms with E-state index in [0.29, 0.717) is 29.0 Å². The summed E-state index contributed by atoms with van der Waals surface area (Å²) in [5.74, 6) is 3.07. The van der Waals surface area contributed by atoms with Crippen molar-refractivity contribution in [2.45, 2.75) is 89.9 Å². The van der Waals surface area contributed by atoms with Crippen LogP contribution in [0.2, 0.25) is 0 Å². The molecule has 24 heavy (non-hydrogen) atoms. The van der Waals surface area contributed by atoms with E-state index in [0.717, 1.165) is 30.6 Å². The molecule has 0 aromatic carbocycles. The van der Waals surface area contributed by atoms with Crippen LogP contribution in [0.4, 0.5) is 0 Å². The number of allylic oxidation sites excluding steroid dienone is 1. The standard InChI is InChI=1S/C22H34O2/c1-13-5-6-16-15-11-19-18-12-20(3,23)9-10-22(18,14(2)24-19)17(15)7-8-21(13,16)4/h14-19,23H,1,5-12H2,2-4H3/t14-,15+,16+,17?,18?,19-,20-,21-,22?/m1/s1. The van der Waals surface area contributed by atoms with Crippen LogP contribution in [-0.4, -0.2) is 22.9 Å². The van der Waals surface area contributed by atoms with Gasteiger partial charge in [-0.05, 0) is 94.3 Å². The first kappa shape index (κ1) is 15.9. The van der Waals surface area contributed by atoms with Gasteiger partial charge in [0.2, 0.25) is 0 Å². The summed E-state index contributed by atoms with van der Waals surface area (Å²) in [6, 6.07) is 0. The SMILES string of the molecule is C=C1CC[C@H]2[C@@H]3C[C@H]4O[C@H](C)C5(CC[C@@](C)(O)CC45)C3CC[C@]12C. The first-order valence-corrected chi connectivity index (χ1v) is 10.3. The Kier molecular flexibility index (Phi) is 3.10. The van der Waals surface area contributed by atoms with Crippen LogP contribution in [0.15, 0.2) is 12.2 Å². The average Bonchev–Trinajstić information content (AvgIpc) is 2.91. The fourth-order valence-corrected chi connectivity index (χ4v) is 8.34. The lowest BCUT2D eigenvalue weighted by Crippen LogP contribution is -2.58. The molecule has 1 saturated heterocycles. The second-order valence-corrected chi connectivity index (χ2v) is 10.4. The largest absolute Gasteiger partial charge is 0.390 e. The molecule has 0 spiro atoms. The van der Waals surface area contributed by atoms with E-state index >= 15 is 0 Å². The number of aliphatic hydroxyl groups is 1. The Morgan fingerprint density at radius 1 is 1.08 bits per heavy atom. The van der Waals surface area contributed by atoms with Gasteiger partial charge in [0.15, 0.2) is 0 Å². The van der Waals surface area contributed by atoms with Crippen LogP contribution in [-0.2, 0) is 4.74 Å². The summed E-state index contributed by atoms with van der Waals surface area (Å²) >= 11 is 0. The van der Waals surface area contributed by atoms with Gasteiger partial charge in [0.25, 0.3) is 0 Å². The molecule has 5 rings (SSSR count). The van der Waals surface area contributed by atoms with Crippen molar-refractivity contribution in [3.63, 3.8) is 0 Å². The van der Waals surface area contributed by atoms with E-state index in [4.69, 9.17) is 4.74 Å². The van der Waals surface area contributed by atoms with Gasteiger partial charge in [-0.3, -0.25) is 0 Å². The highest BCUT2D eigenvalue weighted by Gasteiger charge is 2.68. The molecule has 9 atom stereocenters. The third-order valence-corrected chi connectivity index (χ3v) is 9.62. The van der Waals surface area contributed by atoms with Crippen LogP contribution in [0, 0.1) is 34.5 Å². The van der Waals surface area contributed by atoms with Gasteiger partial charge in [-0.15, -0.1) is 0 Å². The summed E-state index contributed by atoms with van der Waals surface area (Å²) in [5, 5.41) is 10.7. The van der Waals surface area contributed by atoms with Gasteiger partial charge >= 0.3 is 0 Å². The zero-order valence-electron chi connectivity index (χ0n) is 15.7. The number of rotatable bonds is 0. The Morgan fingerprint density at radius 3 is 2.67 bits per heavy atom. The van der Waals surface area contributed by atoms with Gasteiger partial charge in [0, 0.05) is 5.41 Å². The van der Waals surface area contributed by atoms with Gasteiger partial charge in [-0.25, -0.2) is 0 Å². The monoisotopic (exact) mass is 330 g/mol. The van der Waals surface area contributed by atoms with Crippen LogP contribution in [0.1, 0.15) is 72.1 Å². The number of fused-ring (bicyclic) bond motifs is 3. The second-order valence-electron chi connectivity index (χ2n) is 10.4. The van der Waals surface area contributed by atoms with E-state index in [2.05, 4.69) is 27.4 Å². The molecular formula is C22H34O2. The molecule has 1 aliphatic heterocycles. The minimum Gasteiger partial charge on any atom is -0.390 e. The van der Waals surface area contributed by atoms with E-state index in [1.165, 1.54) is 44.1 Å². The summed E-state index contributed by atoms with van der Waals surface area (Å²) < 4.78 is 6.58. The summed E-state index contributed by atoms with van der Waals surface area (Å²) in [6.07, 6.45) is 10.4. The Hall–Kier alpha value is -0.340. The first-order chi connectivity index (χ1) is 11.3. The normalized spacial score (nSPS) is 62.1. The lowest BCUT2D eigenvalue weighted by Gasteiger charge is -2.60. The average molecular weight is 331 g/mol. The topological polar surface area (TPSA) is 29.5 Å². The summed E-state index contributed by atoms with van der Waals surface area (Å²) in [5.41, 5.74) is 1.80. The number of ether oxygens (including phenoxy) is 1. The van der Waals surface area contributed by atoms with Crippen molar-refractivity contribution in [2.24, 2.45) is 34.5 Å². The number of hydrogen-bond donors (Lipinski definition) is 1. The van der Waals surface area contributed by atoms with Gasteiger partial charge in [-0.1, -0.05) is 19.1 Å². The summed E-state index contributed by atoms with van der Waals surface area (Å²) in [6.45, 7) is 11.4. The molecule has 5 aliphatic rings. The molecule has 1 heterocycles. The van der Waals surface area contributed by atoms with Crippen molar-refractivity contribution in [1.29, 1.82) is 0 Å². The molecule has 4 aliphatic carbocycles. The number of hydrogen-bond acceptors (Lipinski definition) is 2. The molecule has 0 amide bonds. The van der Waals surface area contributed by atoms with Crippen LogP contribution in [0.5, 0.6) is 0 Å². The van der Waals surface area contributed by atoms with Gasteiger partial charge in [-0.2, -0.15) is 0 Å². The molecule has 3 unspecified atom stereocenters. The maximum absolute atomic E-state index is 10.7. The predicted octanol–water partition coefficient (Wildman–Crippen LogP) is 4.71. The van der Waals surface area contributed by atoms with Crippen LogP contribution in [0.3, 0.4) is 0 Å². The van der Waals surface area contributed by atoms with Crippen molar-refractivity contribution >= 4 is 0 Å². The fourth-order valence-electron chi connectivity index (χ4n) is 8.34. The smallest absolute Gasteiger partial charge is 0.0623 e. The Morgan fingerprint density at radius 2 is 1.88 bits per heavy atom. The third kappa shape index (κ3) is 1.75. The summed E-state index contributed by atoms with van der Waals surface area (Å²) in [4.78, 5) is 0. The highest BCUT2D eigenvalue weighted by molar-refractivity contribution is 5.24. The van der Waals surface area contributed by atoms with Crippen molar-refractivity contribution in [3.8, 4) is 0 Å². The van der Waals surface area contributed by atoms with Crippen LogP contribution < -0.4 is 0 Å². The lowest BCUT2D eigenvalue weighted by molar-refractivity contribution is -0.135. The molecule has 2 heteroatoms. The van der Waals surface area contributed by atoms with Crippen molar-refractivity contribution in [3.05, 3.63) is 12.2 Å². The molecule has 0 aromatic rings. The highest BCUT2D eigenvalue weighted by Crippen LogP contribution is 2.71. The van der Waals surface area contributed by atoms with Crippen molar-refractivity contribution < 1.29 is 9.84 Å². The Balaban J connectivity index is 1.55. The molecule has 0 radical (unpaired) electrons. The van der Waals surface area contributed by atoms with E-state index in [9.17, 15) is 5.11 Å². The molecule has 4 saturated carbocycles. The zero-order chi connectivity index (χ0) is 16.9. The molecule has 1 N–H and O–H groups in total. The molecule has 2 bridgehead atoms. The van der Waals surface area contributed by atoms with E-state index in [-0.39, 0.29) is 0 Å². The van der Waals surface area contributed by atoms with Crippen LogP contribution >= 0.6 is 0 Å². The van der Waals surface area contributed by atoms with Gasteiger partial charge in [0.1, 0.15) is 0 Å². The molecular weight excluding hydrogens is 296 g/mol. The van der Waals surface area contributed by atoms with Crippen molar-refractivity contribution in [1.82, 2.24) is 0 Å². The molecule has 5 fully saturated rings. The Bertz CT molecular complexity index is 581. The zero-order valence-corrected chi connectivity index (χ0v) is 15.7. The predicted molar refractivity (Wildman–Crippen MR) is 95.5 cm³/mol. The fraction of sp³-hybridized carbons (Fsp3) is 0.909. The third-order valence-electron chi connectivity index (χ3n) is 9.62. The lowest BCUT2D eigenvalue weighted by atomic mass is 9.43.